The van der Waals surface area contributed by atoms with Gasteiger partial charge in [0.05, 0.1) is 5.69 Å². The lowest BCUT2D eigenvalue weighted by Gasteiger charge is -2.42. The Kier molecular flexibility index (Phi) is 4.36. The molecule has 2 aliphatic heterocycles. The van der Waals surface area contributed by atoms with E-state index >= 15 is 0 Å². The minimum atomic E-state index is 0.424. The van der Waals surface area contributed by atoms with Crippen molar-refractivity contribution in [3.05, 3.63) is 23.8 Å². The van der Waals surface area contributed by atoms with Crippen molar-refractivity contribution in [2.45, 2.75) is 25.8 Å². The fourth-order valence-electron chi connectivity index (χ4n) is 3.56. The zero-order valence-electron chi connectivity index (χ0n) is 13.3. The van der Waals surface area contributed by atoms with Crippen LogP contribution in [0, 0.1) is 6.92 Å². The lowest BCUT2D eigenvalue weighted by molar-refractivity contribution is 0.0981. The molecular weight excluding hydrogens is 262 g/mol. The molecule has 116 valence electrons. The minimum absolute atomic E-state index is 0.424. The van der Waals surface area contributed by atoms with Crippen molar-refractivity contribution in [2.24, 2.45) is 0 Å². The summed E-state index contributed by atoms with van der Waals surface area (Å²) < 4.78 is 0. The highest BCUT2D eigenvalue weighted by Gasteiger charge is 2.27. The largest absolute Gasteiger partial charge is 0.506 e. The molecule has 0 saturated carbocycles. The van der Waals surface area contributed by atoms with E-state index in [-0.39, 0.29) is 0 Å². The lowest BCUT2D eigenvalue weighted by Crippen LogP contribution is -2.52. The van der Waals surface area contributed by atoms with Crippen molar-refractivity contribution >= 4 is 5.69 Å². The highest BCUT2D eigenvalue weighted by molar-refractivity contribution is 5.59. The topological polar surface area (TPSA) is 30.0 Å². The molecule has 4 heteroatoms. The summed E-state index contributed by atoms with van der Waals surface area (Å²) in [7, 11) is 2.21. The summed E-state index contributed by atoms with van der Waals surface area (Å²) in [5.41, 5.74) is 2.11. The lowest BCUT2D eigenvalue weighted by atomic mass is 10.0. The average molecular weight is 289 g/mol. The fraction of sp³-hybridized carbons (Fsp3) is 0.647. The van der Waals surface area contributed by atoms with Crippen LogP contribution in [0.5, 0.6) is 5.75 Å². The molecule has 2 aliphatic rings. The summed E-state index contributed by atoms with van der Waals surface area (Å²) in [6.45, 7) is 8.91. The van der Waals surface area contributed by atoms with Gasteiger partial charge in [-0.25, -0.2) is 0 Å². The maximum absolute atomic E-state index is 10.1. The second-order valence-corrected chi connectivity index (χ2v) is 6.55. The average Bonchev–Trinajstić information content (AvgIpc) is 2.48. The van der Waals surface area contributed by atoms with Gasteiger partial charge in [0.1, 0.15) is 5.75 Å². The Morgan fingerprint density at radius 2 is 1.67 bits per heavy atom. The van der Waals surface area contributed by atoms with Gasteiger partial charge in [0.15, 0.2) is 0 Å². The van der Waals surface area contributed by atoms with Crippen molar-refractivity contribution in [1.82, 2.24) is 9.80 Å². The van der Waals surface area contributed by atoms with Crippen LogP contribution in [0.3, 0.4) is 0 Å². The number of likely N-dealkylation sites (N-methyl/N-ethyl adjacent to an activating group) is 1. The molecule has 0 bridgehead atoms. The highest BCUT2D eigenvalue weighted by atomic mass is 16.3. The third-order valence-corrected chi connectivity index (χ3v) is 4.99. The van der Waals surface area contributed by atoms with Gasteiger partial charge in [-0.2, -0.15) is 0 Å². The van der Waals surface area contributed by atoms with E-state index in [0.717, 1.165) is 30.4 Å². The molecule has 1 aromatic carbocycles. The number of aryl methyl sites for hydroxylation is 1. The molecule has 2 heterocycles. The Balaban J connectivity index is 1.57. The molecule has 2 fully saturated rings. The van der Waals surface area contributed by atoms with Crippen LogP contribution in [0.2, 0.25) is 0 Å². The SMILES string of the molecule is Cc1ccc(N2CCC(N3CCN(C)CC3)CC2)c(O)c1. The van der Waals surface area contributed by atoms with Crippen molar-refractivity contribution in [2.75, 3.05) is 51.2 Å². The Labute approximate surface area is 128 Å². The smallest absolute Gasteiger partial charge is 0.139 e. The van der Waals surface area contributed by atoms with E-state index in [4.69, 9.17) is 0 Å². The molecule has 0 atom stereocenters. The number of hydrogen-bond acceptors (Lipinski definition) is 4. The molecule has 0 amide bonds. The number of rotatable bonds is 2. The van der Waals surface area contributed by atoms with Crippen LogP contribution < -0.4 is 4.90 Å². The molecule has 1 N–H and O–H groups in total. The molecule has 1 aromatic rings. The summed E-state index contributed by atoms with van der Waals surface area (Å²) in [6, 6.07) is 6.73. The summed E-state index contributed by atoms with van der Waals surface area (Å²) in [5.74, 6) is 0.424. The van der Waals surface area contributed by atoms with Gasteiger partial charge >= 0.3 is 0 Å². The predicted octanol–water partition coefficient (Wildman–Crippen LogP) is 1.92. The van der Waals surface area contributed by atoms with Gasteiger partial charge in [0.2, 0.25) is 0 Å². The first-order valence-corrected chi connectivity index (χ1v) is 8.10. The predicted molar refractivity (Wildman–Crippen MR) is 87.1 cm³/mol. The van der Waals surface area contributed by atoms with Gasteiger partial charge in [-0.05, 0) is 44.5 Å². The second-order valence-electron chi connectivity index (χ2n) is 6.55. The van der Waals surface area contributed by atoms with Gasteiger partial charge in [-0.1, -0.05) is 6.07 Å². The van der Waals surface area contributed by atoms with Crippen LogP contribution in [0.1, 0.15) is 18.4 Å². The third kappa shape index (κ3) is 3.33. The minimum Gasteiger partial charge on any atom is -0.506 e. The first-order valence-electron chi connectivity index (χ1n) is 8.10. The van der Waals surface area contributed by atoms with Crippen LogP contribution in [-0.4, -0.2) is 67.3 Å². The molecule has 3 rings (SSSR count). The number of nitrogens with zero attached hydrogens (tertiary/aromatic N) is 3. The quantitative estimate of drug-likeness (QED) is 0.901. The number of piperazine rings is 1. The maximum Gasteiger partial charge on any atom is 0.139 e. The van der Waals surface area contributed by atoms with E-state index in [9.17, 15) is 5.11 Å². The van der Waals surface area contributed by atoms with E-state index in [1.165, 1.54) is 39.0 Å². The van der Waals surface area contributed by atoms with Crippen molar-refractivity contribution < 1.29 is 5.11 Å². The Hall–Kier alpha value is -1.26. The Morgan fingerprint density at radius 3 is 2.29 bits per heavy atom. The van der Waals surface area contributed by atoms with Crippen LogP contribution >= 0.6 is 0 Å². The van der Waals surface area contributed by atoms with Crippen molar-refractivity contribution in [3.63, 3.8) is 0 Å². The number of phenolic OH excluding ortho intramolecular Hbond substituents is 1. The van der Waals surface area contributed by atoms with Crippen LogP contribution in [0.25, 0.3) is 0 Å². The standard InChI is InChI=1S/C17H27N3O/c1-14-3-4-16(17(21)13-14)20-7-5-15(6-8-20)19-11-9-18(2)10-12-19/h3-4,13,15,21H,5-12H2,1-2H3. The van der Waals surface area contributed by atoms with Gasteiger partial charge in [0.25, 0.3) is 0 Å². The second kappa shape index (κ2) is 6.24. The zero-order chi connectivity index (χ0) is 14.8. The summed E-state index contributed by atoms with van der Waals surface area (Å²) in [6.07, 6.45) is 2.41. The number of benzene rings is 1. The van der Waals surface area contributed by atoms with E-state index in [1.807, 2.05) is 13.0 Å². The van der Waals surface area contributed by atoms with E-state index < -0.39 is 0 Å². The van der Waals surface area contributed by atoms with E-state index in [2.05, 4.69) is 33.9 Å². The molecular formula is C17H27N3O. The van der Waals surface area contributed by atoms with Gasteiger partial charge in [-0.15, -0.1) is 0 Å². The normalized spacial score (nSPS) is 22.7. The van der Waals surface area contributed by atoms with E-state index in [0.29, 0.717) is 5.75 Å². The summed E-state index contributed by atoms with van der Waals surface area (Å²) >= 11 is 0. The number of hydrogen-bond donors (Lipinski definition) is 1. The molecule has 0 aliphatic carbocycles. The van der Waals surface area contributed by atoms with Gasteiger partial charge in [0, 0.05) is 45.3 Å². The number of anilines is 1. The van der Waals surface area contributed by atoms with Crippen molar-refractivity contribution in [3.8, 4) is 5.75 Å². The van der Waals surface area contributed by atoms with Gasteiger partial charge < -0.3 is 14.9 Å². The molecule has 2 saturated heterocycles. The molecule has 0 unspecified atom stereocenters. The molecule has 21 heavy (non-hydrogen) atoms. The zero-order valence-corrected chi connectivity index (χ0v) is 13.3. The highest BCUT2D eigenvalue weighted by Crippen LogP contribution is 2.31. The summed E-state index contributed by atoms with van der Waals surface area (Å²) in [5, 5.41) is 10.1. The van der Waals surface area contributed by atoms with Crippen LogP contribution in [0.4, 0.5) is 5.69 Å². The Bertz CT molecular complexity index is 475. The van der Waals surface area contributed by atoms with Crippen molar-refractivity contribution in [1.29, 1.82) is 0 Å². The first kappa shape index (κ1) is 14.7. The monoisotopic (exact) mass is 289 g/mol. The number of phenols is 1. The van der Waals surface area contributed by atoms with Gasteiger partial charge in [-0.3, -0.25) is 4.90 Å². The molecule has 0 aromatic heterocycles. The number of piperidine rings is 1. The molecule has 4 nitrogen and oxygen atoms in total. The fourth-order valence-corrected chi connectivity index (χ4v) is 3.56. The third-order valence-electron chi connectivity index (χ3n) is 4.99. The van der Waals surface area contributed by atoms with Crippen LogP contribution in [0.15, 0.2) is 18.2 Å². The summed E-state index contributed by atoms with van der Waals surface area (Å²) in [4.78, 5) is 7.41. The molecule has 0 radical (unpaired) electrons. The molecule has 0 spiro atoms. The number of aromatic hydroxyl groups is 1. The Morgan fingerprint density at radius 1 is 1.00 bits per heavy atom. The maximum atomic E-state index is 10.1. The first-order chi connectivity index (χ1) is 10.1. The van der Waals surface area contributed by atoms with E-state index in [1.54, 1.807) is 0 Å². The van der Waals surface area contributed by atoms with Crippen LogP contribution in [-0.2, 0) is 0 Å².